The van der Waals surface area contributed by atoms with Crippen LogP contribution in [0.25, 0.3) is 0 Å². The van der Waals surface area contributed by atoms with Crippen LogP contribution in [0.5, 0.6) is 0 Å². The molecular weight excluding hydrogens is 268 g/mol. The maximum absolute atomic E-state index is 12.3. The number of carbonyl (C=O) groups is 1. The van der Waals surface area contributed by atoms with Crippen molar-refractivity contribution < 1.29 is 9.53 Å². The number of aromatic nitrogens is 3. The molecule has 21 heavy (non-hydrogen) atoms. The van der Waals surface area contributed by atoms with E-state index in [1.165, 1.54) is 6.42 Å². The van der Waals surface area contributed by atoms with E-state index in [4.69, 9.17) is 4.74 Å². The van der Waals surface area contributed by atoms with Crippen LogP contribution in [0.15, 0.2) is 6.33 Å². The average Bonchev–Trinajstić information content (AvgIpc) is 2.91. The van der Waals surface area contributed by atoms with Crippen LogP contribution in [0.3, 0.4) is 0 Å². The molecule has 0 aromatic carbocycles. The monoisotopic (exact) mass is 294 g/mol. The third-order valence-corrected chi connectivity index (χ3v) is 4.20. The van der Waals surface area contributed by atoms with Gasteiger partial charge in [0, 0.05) is 46.7 Å². The van der Waals surface area contributed by atoms with Gasteiger partial charge in [0.1, 0.15) is 12.2 Å². The van der Waals surface area contributed by atoms with Gasteiger partial charge in [0.2, 0.25) is 5.91 Å². The minimum atomic E-state index is 0.245. The molecule has 0 spiro atoms. The lowest BCUT2D eigenvalue weighted by Gasteiger charge is -2.33. The highest BCUT2D eigenvalue weighted by atomic mass is 16.5. The standard InChI is InChI=1S/C15H26N4O2/c1-18-12-16-17-14(18)7-8-15(20)19-9-3-5-13(11-19)6-4-10-21-2/h12-13H,3-11H2,1-2H3/t13-/m0/s1. The van der Waals surface area contributed by atoms with Crippen molar-refractivity contribution in [3.8, 4) is 0 Å². The van der Waals surface area contributed by atoms with Crippen molar-refractivity contribution in [3.05, 3.63) is 12.2 Å². The second-order valence-electron chi connectivity index (χ2n) is 5.84. The van der Waals surface area contributed by atoms with Crippen molar-refractivity contribution >= 4 is 5.91 Å². The molecule has 0 aliphatic carbocycles. The molecule has 118 valence electrons. The Hall–Kier alpha value is -1.43. The SMILES string of the molecule is COCCC[C@@H]1CCCN(C(=O)CCc2nncn2C)C1. The summed E-state index contributed by atoms with van der Waals surface area (Å²) in [6, 6.07) is 0. The number of likely N-dealkylation sites (tertiary alicyclic amines) is 1. The molecule has 1 amide bonds. The highest BCUT2D eigenvalue weighted by Gasteiger charge is 2.23. The minimum absolute atomic E-state index is 0.245. The number of methoxy groups -OCH3 is 1. The fourth-order valence-electron chi connectivity index (χ4n) is 2.95. The van der Waals surface area contributed by atoms with Gasteiger partial charge in [-0.25, -0.2) is 0 Å². The van der Waals surface area contributed by atoms with Crippen LogP contribution in [0.2, 0.25) is 0 Å². The molecule has 2 rings (SSSR count). The van der Waals surface area contributed by atoms with Crippen LogP contribution in [-0.4, -0.2) is 52.4 Å². The first kappa shape index (κ1) is 15.9. The molecule has 0 radical (unpaired) electrons. The Morgan fingerprint density at radius 2 is 2.38 bits per heavy atom. The van der Waals surface area contributed by atoms with Crippen LogP contribution in [0.4, 0.5) is 0 Å². The number of nitrogens with zero attached hydrogens (tertiary/aromatic N) is 4. The number of rotatable bonds is 7. The van der Waals surface area contributed by atoms with E-state index < -0.39 is 0 Å². The maximum Gasteiger partial charge on any atom is 0.223 e. The predicted molar refractivity (Wildman–Crippen MR) is 79.7 cm³/mol. The van der Waals surface area contributed by atoms with Crippen molar-refractivity contribution in [3.63, 3.8) is 0 Å². The summed E-state index contributed by atoms with van der Waals surface area (Å²) in [5.41, 5.74) is 0. The Morgan fingerprint density at radius 3 is 3.10 bits per heavy atom. The molecule has 1 saturated heterocycles. The molecule has 1 aromatic rings. The Bertz CT molecular complexity index is 447. The molecule has 1 aliphatic rings. The first-order valence-corrected chi connectivity index (χ1v) is 7.80. The second kappa shape index (κ2) is 8.12. The number of aryl methyl sites for hydroxylation is 2. The number of amides is 1. The molecular formula is C15H26N4O2. The van der Waals surface area contributed by atoms with Crippen molar-refractivity contribution in [2.45, 2.75) is 38.5 Å². The zero-order valence-electron chi connectivity index (χ0n) is 13.1. The van der Waals surface area contributed by atoms with Crippen LogP contribution >= 0.6 is 0 Å². The quantitative estimate of drug-likeness (QED) is 0.714. The molecule has 2 heterocycles. The van der Waals surface area contributed by atoms with E-state index in [9.17, 15) is 4.79 Å². The van der Waals surface area contributed by atoms with Crippen LogP contribution in [0, 0.1) is 5.92 Å². The topological polar surface area (TPSA) is 60.2 Å². The highest BCUT2D eigenvalue weighted by Crippen LogP contribution is 2.21. The van der Waals surface area contributed by atoms with Gasteiger partial charge in [0.05, 0.1) is 0 Å². The molecule has 0 bridgehead atoms. The molecule has 1 atom stereocenters. The van der Waals surface area contributed by atoms with E-state index in [1.54, 1.807) is 13.4 Å². The largest absolute Gasteiger partial charge is 0.385 e. The highest BCUT2D eigenvalue weighted by molar-refractivity contribution is 5.76. The fraction of sp³-hybridized carbons (Fsp3) is 0.800. The van der Waals surface area contributed by atoms with E-state index >= 15 is 0 Å². The number of piperidine rings is 1. The van der Waals surface area contributed by atoms with Gasteiger partial charge < -0.3 is 14.2 Å². The Kier molecular flexibility index (Phi) is 6.17. The van der Waals surface area contributed by atoms with Crippen LogP contribution in [-0.2, 0) is 23.0 Å². The maximum atomic E-state index is 12.3. The Labute approximate surface area is 126 Å². The fourth-order valence-corrected chi connectivity index (χ4v) is 2.95. The van der Waals surface area contributed by atoms with E-state index in [-0.39, 0.29) is 5.91 Å². The summed E-state index contributed by atoms with van der Waals surface area (Å²) in [5, 5.41) is 7.87. The van der Waals surface area contributed by atoms with Gasteiger partial charge in [-0.2, -0.15) is 0 Å². The molecule has 6 nitrogen and oxygen atoms in total. The molecule has 0 unspecified atom stereocenters. The van der Waals surface area contributed by atoms with Gasteiger partial charge in [0.15, 0.2) is 0 Å². The predicted octanol–water partition coefficient (Wildman–Crippen LogP) is 1.41. The summed E-state index contributed by atoms with van der Waals surface area (Å²) in [7, 11) is 3.65. The zero-order chi connectivity index (χ0) is 15.1. The van der Waals surface area contributed by atoms with Crippen molar-refractivity contribution in [2.75, 3.05) is 26.8 Å². The minimum Gasteiger partial charge on any atom is -0.385 e. The van der Waals surface area contributed by atoms with E-state index in [0.717, 1.165) is 44.8 Å². The van der Waals surface area contributed by atoms with Gasteiger partial charge in [-0.1, -0.05) is 0 Å². The zero-order valence-corrected chi connectivity index (χ0v) is 13.1. The number of hydrogen-bond donors (Lipinski definition) is 0. The molecule has 6 heteroatoms. The summed E-state index contributed by atoms with van der Waals surface area (Å²) >= 11 is 0. The number of hydrogen-bond acceptors (Lipinski definition) is 4. The normalized spacial score (nSPS) is 19.0. The Morgan fingerprint density at radius 1 is 1.52 bits per heavy atom. The summed E-state index contributed by atoms with van der Waals surface area (Å²) in [5.74, 6) is 1.75. The Balaban J connectivity index is 1.75. The van der Waals surface area contributed by atoms with Crippen LogP contribution < -0.4 is 0 Å². The van der Waals surface area contributed by atoms with Gasteiger partial charge in [-0.15, -0.1) is 10.2 Å². The van der Waals surface area contributed by atoms with Gasteiger partial charge in [-0.05, 0) is 31.6 Å². The van der Waals surface area contributed by atoms with Crippen molar-refractivity contribution in [2.24, 2.45) is 13.0 Å². The van der Waals surface area contributed by atoms with Crippen LogP contribution in [0.1, 0.15) is 37.9 Å². The first-order valence-electron chi connectivity index (χ1n) is 7.80. The summed E-state index contributed by atoms with van der Waals surface area (Å²) in [6.45, 7) is 2.62. The third kappa shape index (κ3) is 4.81. The molecule has 1 aromatic heterocycles. The van der Waals surface area contributed by atoms with Gasteiger partial charge in [0.25, 0.3) is 0 Å². The second-order valence-corrected chi connectivity index (χ2v) is 5.84. The summed E-state index contributed by atoms with van der Waals surface area (Å²) in [4.78, 5) is 14.3. The first-order chi connectivity index (χ1) is 10.2. The summed E-state index contributed by atoms with van der Waals surface area (Å²) in [6.07, 6.45) is 7.46. The number of ether oxygens (including phenoxy) is 1. The lowest BCUT2D eigenvalue weighted by atomic mass is 9.93. The summed E-state index contributed by atoms with van der Waals surface area (Å²) < 4.78 is 6.97. The van der Waals surface area contributed by atoms with Gasteiger partial charge >= 0.3 is 0 Å². The molecule has 0 N–H and O–H groups in total. The smallest absolute Gasteiger partial charge is 0.223 e. The average molecular weight is 294 g/mol. The molecule has 0 saturated carbocycles. The third-order valence-electron chi connectivity index (χ3n) is 4.20. The number of carbonyl (C=O) groups excluding carboxylic acids is 1. The van der Waals surface area contributed by atoms with E-state index in [0.29, 0.717) is 18.8 Å². The van der Waals surface area contributed by atoms with E-state index in [1.807, 2.05) is 16.5 Å². The lowest BCUT2D eigenvalue weighted by molar-refractivity contribution is -0.133. The molecule has 1 aliphatic heterocycles. The van der Waals surface area contributed by atoms with Gasteiger partial charge in [-0.3, -0.25) is 4.79 Å². The van der Waals surface area contributed by atoms with E-state index in [2.05, 4.69) is 10.2 Å². The van der Waals surface area contributed by atoms with Crippen molar-refractivity contribution in [1.29, 1.82) is 0 Å². The van der Waals surface area contributed by atoms with Crippen molar-refractivity contribution in [1.82, 2.24) is 19.7 Å². The lowest BCUT2D eigenvalue weighted by Crippen LogP contribution is -2.40. The molecule has 1 fully saturated rings.